The zero-order chi connectivity index (χ0) is 25.3. The molecule has 0 saturated carbocycles. The van der Waals surface area contributed by atoms with Gasteiger partial charge in [-0.2, -0.15) is 0 Å². The third-order valence-electron chi connectivity index (χ3n) is 5.83. The van der Waals surface area contributed by atoms with Crippen LogP contribution in [0.25, 0.3) is 12.2 Å². The molecule has 182 valence electrons. The summed E-state index contributed by atoms with van der Waals surface area (Å²) in [5.74, 6) is 4.22. The highest BCUT2D eigenvalue weighted by atomic mass is 16.5. The summed E-state index contributed by atoms with van der Waals surface area (Å²) in [5.41, 5.74) is 4.36. The van der Waals surface area contributed by atoms with Gasteiger partial charge in [0, 0.05) is 0 Å². The van der Waals surface area contributed by atoms with E-state index < -0.39 is 0 Å². The summed E-state index contributed by atoms with van der Waals surface area (Å²) in [6.07, 6.45) is 5.34. The van der Waals surface area contributed by atoms with Crippen molar-refractivity contribution in [3.05, 3.63) is 120 Å². The number of aryl methyl sites for hydroxylation is 2. The molecule has 0 aliphatic heterocycles. The highest BCUT2D eigenvalue weighted by molar-refractivity contribution is 5.55. The maximum atomic E-state index is 6.06. The van der Waals surface area contributed by atoms with E-state index in [4.69, 9.17) is 18.9 Å². The Labute approximate surface area is 213 Å². The van der Waals surface area contributed by atoms with E-state index in [1.165, 1.54) is 11.1 Å². The summed E-state index contributed by atoms with van der Waals surface area (Å²) < 4.78 is 23.1. The van der Waals surface area contributed by atoms with Gasteiger partial charge >= 0.3 is 0 Å². The minimum absolute atomic E-state index is 0.660. The molecule has 0 aliphatic rings. The Morgan fingerprint density at radius 2 is 1.19 bits per heavy atom. The van der Waals surface area contributed by atoms with Crippen LogP contribution in [0, 0.1) is 0 Å². The molecule has 0 unspecified atom stereocenters. The van der Waals surface area contributed by atoms with E-state index in [-0.39, 0.29) is 0 Å². The van der Waals surface area contributed by atoms with Gasteiger partial charge in [-0.05, 0) is 83.6 Å². The second-order valence-corrected chi connectivity index (χ2v) is 8.22. The van der Waals surface area contributed by atoms with E-state index in [1.54, 1.807) is 26.4 Å². The molecule has 0 bridgehead atoms. The first-order chi connectivity index (χ1) is 17.6. The highest BCUT2D eigenvalue weighted by Crippen LogP contribution is 2.34. The molecule has 4 heteroatoms. The van der Waals surface area contributed by atoms with Gasteiger partial charge in [-0.1, -0.05) is 61.7 Å². The Balaban J connectivity index is 1.40. The molecular weight excluding hydrogens is 448 g/mol. The van der Waals surface area contributed by atoms with Crippen molar-refractivity contribution in [1.82, 2.24) is 0 Å². The molecule has 0 heterocycles. The van der Waals surface area contributed by atoms with E-state index in [9.17, 15) is 0 Å². The van der Waals surface area contributed by atoms with Crippen molar-refractivity contribution < 1.29 is 18.9 Å². The molecular formula is C32H30O4. The van der Waals surface area contributed by atoms with Crippen LogP contribution in [-0.4, -0.2) is 14.2 Å². The molecule has 0 amide bonds. The number of methoxy groups -OCH3 is 2. The summed E-state index contributed by atoms with van der Waals surface area (Å²) in [5, 5.41) is 0. The van der Waals surface area contributed by atoms with Crippen LogP contribution < -0.4 is 18.9 Å². The number of rotatable bonds is 11. The number of hydrogen-bond acceptors (Lipinski definition) is 4. The second-order valence-electron chi connectivity index (χ2n) is 8.22. The first kappa shape index (κ1) is 24.7. The van der Waals surface area contributed by atoms with Gasteiger partial charge in [0.1, 0.15) is 11.5 Å². The average Bonchev–Trinajstić information content (AvgIpc) is 2.93. The van der Waals surface area contributed by atoms with Gasteiger partial charge in [0.05, 0.1) is 14.2 Å². The van der Waals surface area contributed by atoms with Gasteiger partial charge in [-0.3, -0.25) is 0 Å². The summed E-state index contributed by atoms with van der Waals surface area (Å²) in [6.45, 7) is 7.63. The van der Waals surface area contributed by atoms with Crippen LogP contribution in [0.1, 0.15) is 22.3 Å². The van der Waals surface area contributed by atoms with Gasteiger partial charge < -0.3 is 18.9 Å². The Morgan fingerprint density at radius 1 is 0.556 bits per heavy atom. The van der Waals surface area contributed by atoms with Crippen molar-refractivity contribution in [2.24, 2.45) is 0 Å². The summed E-state index contributed by atoms with van der Waals surface area (Å²) in [7, 11) is 3.29. The molecule has 0 aromatic heterocycles. The van der Waals surface area contributed by atoms with Crippen LogP contribution in [0.15, 0.2) is 98.1 Å². The minimum Gasteiger partial charge on any atom is -0.493 e. The van der Waals surface area contributed by atoms with Crippen molar-refractivity contribution in [2.45, 2.75) is 12.8 Å². The van der Waals surface area contributed by atoms with Crippen molar-refractivity contribution in [1.29, 1.82) is 0 Å². The van der Waals surface area contributed by atoms with E-state index in [2.05, 4.69) is 31.4 Å². The zero-order valence-corrected chi connectivity index (χ0v) is 20.7. The monoisotopic (exact) mass is 478 g/mol. The molecule has 4 aromatic rings. The van der Waals surface area contributed by atoms with Crippen molar-refractivity contribution in [3.63, 3.8) is 0 Å². The topological polar surface area (TPSA) is 36.9 Å². The van der Waals surface area contributed by atoms with Crippen LogP contribution in [0.2, 0.25) is 0 Å². The van der Waals surface area contributed by atoms with Crippen LogP contribution in [0.4, 0.5) is 0 Å². The molecule has 0 radical (unpaired) electrons. The normalized spacial score (nSPS) is 10.4. The first-order valence-corrected chi connectivity index (χ1v) is 11.8. The van der Waals surface area contributed by atoms with Crippen molar-refractivity contribution in [2.75, 3.05) is 14.2 Å². The Bertz CT molecular complexity index is 1340. The lowest BCUT2D eigenvalue weighted by Crippen LogP contribution is -1.96. The number of benzene rings is 4. The quantitative estimate of drug-likeness (QED) is 0.217. The lowest BCUT2D eigenvalue weighted by Gasteiger charge is -2.13. The molecule has 0 aliphatic carbocycles. The van der Waals surface area contributed by atoms with E-state index in [0.717, 1.165) is 35.5 Å². The number of hydrogen-bond donors (Lipinski definition) is 0. The Hall–Kier alpha value is -4.44. The van der Waals surface area contributed by atoms with E-state index in [0.29, 0.717) is 23.0 Å². The van der Waals surface area contributed by atoms with Crippen molar-refractivity contribution in [3.8, 4) is 34.5 Å². The Kier molecular flexibility index (Phi) is 8.09. The van der Waals surface area contributed by atoms with Gasteiger partial charge in [0.15, 0.2) is 23.0 Å². The standard InChI is InChI=1S/C32H30O4/c1-5-23-8-7-9-28(20-23)36-30-19-15-26(22-31(30)34-4)11-10-25-12-16-27(17-13-25)35-32-21-24(6-2)14-18-29(32)33-3/h5-9,12-22H,1-2,10-11H2,3-4H3. The fraction of sp³-hybridized carbons (Fsp3) is 0.125. The maximum Gasteiger partial charge on any atom is 0.169 e. The lowest BCUT2D eigenvalue weighted by atomic mass is 10.0. The third kappa shape index (κ3) is 6.16. The molecule has 4 nitrogen and oxygen atoms in total. The molecule has 0 fully saturated rings. The highest BCUT2D eigenvalue weighted by Gasteiger charge is 2.09. The predicted molar refractivity (Wildman–Crippen MR) is 147 cm³/mol. The first-order valence-electron chi connectivity index (χ1n) is 11.8. The fourth-order valence-corrected chi connectivity index (χ4v) is 3.82. The smallest absolute Gasteiger partial charge is 0.169 e. The van der Waals surface area contributed by atoms with E-state index in [1.807, 2.05) is 66.7 Å². The predicted octanol–water partition coefficient (Wildman–Crippen LogP) is 8.36. The fourth-order valence-electron chi connectivity index (χ4n) is 3.82. The lowest BCUT2D eigenvalue weighted by molar-refractivity contribution is 0.378. The molecule has 4 aromatic carbocycles. The average molecular weight is 479 g/mol. The molecule has 0 saturated heterocycles. The van der Waals surface area contributed by atoms with Gasteiger partial charge in [0.2, 0.25) is 0 Å². The maximum absolute atomic E-state index is 6.06. The van der Waals surface area contributed by atoms with Crippen molar-refractivity contribution >= 4 is 12.2 Å². The van der Waals surface area contributed by atoms with Crippen LogP contribution in [0.5, 0.6) is 34.5 Å². The van der Waals surface area contributed by atoms with Crippen LogP contribution in [0.3, 0.4) is 0 Å². The molecule has 4 rings (SSSR count). The second kappa shape index (κ2) is 11.8. The summed E-state index contributed by atoms with van der Waals surface area (Å²) >= 11 is 0. The minimum atomic E-state index is 0.660. The summed E-state index contributed by atoms with van der Waals surface area (Å²) in [6, 6.07) is 27.7. The van der Waals surface area contributed by atoms with Gasteiger partial charge in [0.25, 0.3) is 0 Å². The SMILES string of the molecule is C=Cc1cccc(Oc2ccc(CCc3ccc(Oc4cc(C=C)ccc4OC)cc3)cc2OC)c1. The summed E-state index contributed by atoms with van der Waals surface area (Å²) in [4.78, 5) is 0. The number of ether oxygens (including phenoxy) is 4. The molecule has 0 spiro atoms. The Morgan fingerprint density at radius 3 is 1.92 bits per heavy atom. The van der Waals surface area contributed by atoms with Gasteiger partial charge in [-0.25, -0.2) is 0 Å². The molecule has 0 N–H and O–H groups in total. The zero-order valence-electron chi connectivity index (χ0n) is 20.7. The van der Waals surface area contributed by atoms with Crippen LogP contribution >= 0.6 is 0 Å². The van der Waals surface area contributed by atoms with E-state index >= 15 is 0 Å². The molecule has 36 heavy (non-hydrogen) atoms. The van der Waals surface area contributed by atoms with Crippen LogP contribution in [-0.2, 0) is 12.8 Å². The molecule has 0 atom stereocenters. The van der Waals surface area contributed by atoms with Gasteiger partial charge in [-0.15, -0.1) is 0 Å². The largest absolute Gasteiger partial charge is 0.493 e. The third-order valence-corrected chi connectivity index (χ3v) is 5.83.